The van der Waals surface area contributed by atoms with Crippen LogP contribution in [0.3, 0.4) is 0 Å². The Hall–Kier alpha value is -2.11. The van der Waals surface area contributed by atoms with Gasteiger partial charge in [-0.25, -0.2) is 0 Å². The van der Waals surface area contributed by atoms with E-state index in [-0.39, 0.29) is 11.9 Å². The van der Waals surface area contributed by atoms with E-state index in [1.54, 1.807) is 4.68 Å². The third kappa shape index (κ3) is 2.53. The first kappa shape index (κ1) is 14.8. The molecular formula is C16H22N4O2. The van der Waals surface area contributed by atoms with Gasteiger partial charge in [0.05, 0.1) is 17.9 Å². The van der Waals surface area contributed by atoms with Gasteiger partial charge in [0.2, 0.25) is 0 Å². The zero-order chi connectivity index (χ0) is 15.7. The Morgan fingerprint density at radius 1 is 1.45 bits per heavy atom. The number of hydrogen-bond donors (Lipinski definition) is 0. The van der Waals surface area contributed by atoms with Crippen LogP contribution in [0.4, 0.5) is 0 Å². The van der Waals surface area contributed by atoms with Crippen LogP contribution in [-0.2, 0) is 13.5 Å². The van der Waals surface area contributed by atoms with E-state index >= 15 is 0 Å². The Morgan fingerprint density at radius 3 is 2.95 bits per heavy atom. The molecule has 3 heterocycles. The highest BCUT2D eigenvalue weighted by Crippen LogP contribution is 2.32. The molecule has 0 spiro atoms. The van der Waals surface area contributed by atoms with Gasteiger partial charge in [-0.2, -0.15) is 5.10 Å². The summed E-state index contributed by atoms with van der Waals surface area (Å²) in [5.41, 5.74) is 2.49. The van der Waals surface area contributed by atoms with Crippen LogP contribution in [0.1, 0.15) is 59.6 Å². The molecule has 1 aliphatic heterocycles. The maximum atomic E-state index is 13.1. The molecule has 0 radical (unpaired) electrons. The third-order valence-electron chi connectivity index (χ3n) is 4.36. The molecule has 0 aromatic carbocycles. The number of aromatic nitrogens is 3. The number of likely N-dealkylation sites (tertiary alicyclic amines) is 1. The van der Waals surface area contributed by atoms with E-state index < -0.39 is 0 Å². The van der Waals surface area contributed by atoms with Gasteiger partial charge in [-0.1, -0.05) is 12.1 Å². The number of rotatable bonds is 3. The van der Waals surface area contributed by atoms with Gasteiger partial charge in [0.25, 0.3) is 5.91 Å². The van der Waals surface area contributed by atoms with Crippen LogP contribution in [-0.4, -0.2) is 32.3 Å². The van der Waals surface area contributed by atoms with Crippen LogP contribution in [0.25, 0.3) is 0 Å². The first-order valence-corrected chi connectivity index (χ1v) is 7.86. The SMILES string of the molecule is CCc1noc(C)c1C(=O)N1CCCCC1c1cnn(C)c1. The fourth-order valence-corrected chi connectivity index (χ4v) is 3.21. The molecule has 1 unspecified atom stereocenters. The minimum Gasteiger partial charge on any atom is -0.361 e. The van der Waals surface area contributed by atoms with Crippen LogP contribution in [0.15, 0.2) is 16.9 Å². The van der Waals surface area contributed by atoms with Gasteiger partial charge in [0.1, 0.15) is 11.3 Å². The minimum absolute atomic E-state index is 0.0316. The number of carbonyl (C=O) groups is 1. The normalized spacial score (nSPS) is 18.7. The molecule has 0 saturated carbocycles. The molecule has 2 aromatic rings. The molecule has 1 atom stereocenters. The average Bonchev–Trinajstić information content (AvgIpc) is 3.12. The van der Waals surface area contributed by atoms with Crippen LogP contribution >= 0.6 is 0 Å². The molecule has 1 aliphatic rings. The summed E-state index contributed by atoms with van der Waals surface area (Å²) < 4.78 is 7.02. The molecule has 2 aromatic heterocycles. The smallest absolute Gasteiger partial charge is 0.259 e. The van der Waals surface area contributed by atoms with Crippen molar-refractivity contribution in [3.63, 3.8) is 0 Å². The summed E-state index contributed by atoms with van der Waals surface area (Å²) in [6, 6.07) is 0.0916. The molecular weight excluding hydrogens is 280 g/mol. The molecule has 3 rings (SSSR count). The van der Waals surface area contributed by atoms with Crippen LogP contribution in [0.5, 0.6) is 0 Å². The lowest BCUT2D eigenvalue weighted by Gasteiger charge is -2.35. The second-order valence-corrected chi connectivity index (χ2v) is 5.87. The molecule has 0 bridgehead atoms. The van der Waals surface area contributed by atoms with E-state index in [1.807, 2.05) is 38.2 Å². The van der Waals surface area contributed by atoms with E-state index in [9.17, 15) is 4.79 Å². The molecule has 1 amide bonds. The van der Waals surface area contributed by atoms with E-state index in [1.165, 1.54) is 0 Å². The fraction of sp³-hybridized carbons (Fsp3) is 0.562. The van der Waals surface area contributed by atoms with Gasteiger partial charge in [-0.3, -0.25) is 9.48 Å². The maximum Gasteiger partial charge on any atom is 0.259 e. The Morgan fingerprint density at radius 2 is 2.27 bits per heavy atom. The highest BCUT2D eigenvalue weighted by molar-refractivity contribution is 5.96. The molecule has 118 valence electrons. The number of nitrogens with zero attached hydrogens (tertiary/aromatic N) is 4. The topological polar surface area (TPSA) is 64.2 Å². The van der Waals surface area contributed by atoms with Crippen molar-refractivity contribution in [1.29, 1.82) is 0 Å². The summed E-state index contributed by atoms with van der Waals surface area (Å²) in [5.74, 6) is 0.640. The summed E-state index contributed by atoms with van der Waals surface area (Å²) in [4.78, 5) is 15.0. The Labute approximate surface area is 130 Å². The molecule has 1 fully saturated rings. The molecule has 0 aliphatic carbocycles. The highest BCUT2D eigenvalue weighted by atomic mass is 16.5. The van der Waals surface area contributed by atoms with Crippen molar-refractivity contribution in [1.82, 2.24) is 19.8 Å². The summed E-state index contributed by atoms with van der Waals surface area (Å²) >= 11 is 0. The van der Waals surface area contributed by atoms with Crippen molar-refractivity contribution in [3.05, 3.63) is 35.0 Å². The van der Waals surface area contributed by atoms with Gasteiger partial charge >= 0.3 is 0 Å². The zero-order valence-corrected chi connectivity index (χ0v) is 13.4. The minimum atomic E-state index is 0.0316. The van der Waals surface area contributed by atoms with E-state index in [0.717, 1.165) is 37.1 Å². The Bertz CT molecular complexity index is 673. The van der Waals surface area contributed by atoms with E-state index in [2.05, 4.69) is 10.3 Å². The third-order valence-corrected chi connectivity index (χ3v) is 4.36. The van der Waals surface area contributed by atoms with Crippen molar-refractivity contribution in [2.75, 3.05) is 6.54 Å². The van der Waals surface area contributed by atoms with Crippen LogP contribution in [0, 0.1) is 6.92 Å². The molecule has 22 heavy (non-hydrogen) atoms. The number of carbonyl (C=O) groups excluding carboxylic acids is 1. The second-order valence-electron chi connectivity index (χ2n) is 5.87. The predicted molar refractivity (Wildman–Crippen MR) is 81.5 cm³/mol. The summed E-state index contributed by atoms with van der Waals surface area (Å²) in [6.45, 7) is 4.57. The lowest BCUT2D eigenvalue weighted by Crippen LogP contribution is -2.38. The summed E-state index contributed by atoms with van der Waals surface area (Å²) in [7, 11) is 1.90. The predicted octanol–water partition coefficient (Wildman–Crippen LogP) is 2.65. The Kier molecular flexibility index (Phi) is 4.00. The maximum absolute atomic E-state index is 13.1. The molecule has 6 nitrogen and oxygen atoms in total. The largest absolute Gasteiger partial charge is 0.361 e. The number of hydrogen-bond acceptors (Lipinski definition) is 4. The number of amides is 1. The van der Waals surface area contributed by atoms with Crippen molar-refractivity contribution < 1.29 is 9.32 Å². The molecule has 1 saturated heterocycles. The first-order valence-electron chi connectivity index (χ1n) is 7.86. The van der Waals surface area contributed by atoms with Crippen LogP contribution < -0.4 is 0 Å². The lowest BCUT2D eigenvalue weighted by atomic mass is 9.96. The van der Waals surface area contributed by atoms with Crippen molar-refractivity contribution >= 4 is 5.91 Å². The quantitative estimate of drug-likeness (QED) is 0.874. The molecule has 6 heteroatoms. The first-order chi connectivity index (χ1) is 10.6. The highest BCUT2D eigenvalue weighted by Gasteiger charge is 2.32. The summed E-state index contributed by atoms with van der Waals surface area (Å²) in [6.07, 6.45) is 7.70. The van der Waals surface area contributed by atoms with Gasteiger partial charge in [0.15, 0.2) is 0 Å². The monoisotopic (exact) mass is 302 g/mol. The summed E-state index contributed by atoms with van der Waals surface area (Å²) in [5, 5.41) is 8.26. The van der Waals surface area contributed by atoms with Gasteiger partial charge in [0, 0.05) is 25.4 Å². The number of aryl methyl sites for hydroxylation is 3. The second kappa shape index (κ2) is 5.94. The van der Waals surface area contributed by atoms with Gasteiger partial charge in [-0.15, -0.1) is 0 Å². The van der Waals surface area contributed by atoms with E-state index in [0.29, 0.717) is 17.7 Å². The van der Waals surface area contributed by atoms with E-state index in [4.69, 9.17) is 4.52 Å². The fourth-order valence-electron chi connectivity index (χ4n) is 3.21. The zero-order valence-electron chi connectivity index (χ0n) is 13.4. The van der Waals surface area contributed by atoms with Crippen molar-refractivity contribution in [2.45, 2.75) is 45.6 Å². The standard InChI is InChI=1S/C16H22N4O2/c1-4-13-15(11(2)22-18-13)16(21)20-8-6-5-7-14(20)12-9-17-19(3)10-12/h9-10,14H,4-8H2,1-3H3. The van der Waals surface area contributed by atoms with Gasteiger partial charge < -0.3 is 9.42 Å². The Balaban J connectivity index is 1.93. The van der Waals surface area contributed by atoms with Crippen molar-refractivity contribution in [3.8, 4) is 0 Å². The lowest BCUT2D eigenvalue weighted by molar-refractivity contribution is 0.0608. The molecule has 0 N–H and O–H groups in total. The van der Waals surface area contributed by atoms with Crippen molar-refractivity contribution in [2.24, 2.45) is 7.05 Å². The number of piperidine rings is 1. The average molecular weight is 302 g/mol. The van der Waals surface area contributed by atoms with Gasteiger partial charge in [-0.05, 0) is 32.6 Å². The van der Waals surface area contributed by atoms with Crippen LogP contribution in [0.2, 0.25) is 0 Å².